The lowest BCUT2D eigenvalue weighted by Crippen LogP contribution is -2.37. The van der Waals surface area contributed by atoms with Gasteiger partial charge in [-0.1, -0.05) is 0 Å². The second kappa shape index (κ2) is 2.23. The first kappa shape index (κ1) is 6.67. The highest BCUT2D eigenvalue weighted by Crippen LogP contribution is 2.20. The maximum absolute atomic E-state index is 4.22. The quantitative estimate of drug-likeness (QED) is 0.578. The van der Waals surface area contributed by atoms with Crippen LogP contribution >= 0.6 is 0 Å². The van der Waals surface area contributed by atoms with Gasteiger partial charge in [0.25, 0.3) is 0 Å². The maximum atomic E-state index is 4.22. The van der Waals surface area contributed by atoms with Crippen LogP contribution in [0.25, 0.3) is 0 Å². The molecule has 1 aromatic rings. The monoisotopic (exact) mass is 152 g/mol. The van der Waals surface area contributed by atoms with Gasteiger partial charge in [-0.25, -0.2) is 4.98 Å². The van der Waals surface area contributed by atoms with E-state index in [9.17, 15) is 0 Å². The predicted octanol–water partition coefficient (Wildman–Crippen LogP) is 0.249. The van der Waals surface area contributed by atoms with Crippen molar-refractivity contribution in [2.45, 2.75) is 6.54 Å². The Morgan fingerprint density at radius 1 is 1.55 bits per heavy atom. The Hall–Kier alpha value is -1.03. The van der Waals surface area contributed by atoms with E-state index in [1.54, 1.807) is 6.33 Å². The summed E-state index contributed by atoms with van der Waals surface area (Å²) in [5, 5.41) is 0. The molecule has 0 unspecified atom stereocenters. The number of rotatable bonds is 0. The van der Waals surface area contributed by atoms with E-state index >= 15 is 0 Å². The Bertz CT molecular complexity index is 255. The third kappa shape index (κ3) is 0.991. The molecule has 2 heterocycles. The van der Waals surface area contributed by atoms with Crippen LogP contribution in [0.2, 0.25) is 0 Å². The fourth-order valence-electron chi connectivity index (χ4n) is 1.51. The zero-order chi connectivity index (χ0) is 7.84. The van der Waals surface area contributed by atoms with Crippen molar-refractivity contribution in [2.75, 3.05) is 25.7 Å². The van der Waals surface area contributed by atoms with Gasteiger partial charge in [-0.15, -0.1) is 0 Å². The molecule has 0 bridgehead atoms. The fourth-order valence-corrected chi connectivity index (χ4v) is 1.51. The smallest absolute Gasteiger partial charge is 0.151 e. The number of aromatic amines is 1. The number of nitrogens with one attached hydrogen (secondary N) is 1. The minimum Gasteiger partial charge on any atom is -0.346 e. The van der Waals surface area contributed by atoms with E-state index < -0.39 is 0 Å². The lowest BCUT2D eigenvalue weighted by molar-refractivity contribution is 0.311. The van der Waals surface area contributed by atoms with Crippen LogP contribution in [0, 0.1) is 0 Å². The number of nitrogens with zero attached hydrogens (tertiary/aromatic N) is 3. The lowest BCUT2D eigenvalue weighted by atomic mass is 10.3. The topological polar surface area (TPSA) is 35.2 Å². The van der Waals surface area contributed by atoms with E-state index in [0.29, 0.717) is 0 Å². The largest absolute Gasteiger partial charge is 0.346 e. The summed E-state index contributed by atoms with van der Waals surface area (Å²) in [4.78, 5) is 11.7. The van der Waals surface area contributed by atoms with Gasteiger partial charge >= 0.3 is 0 Å². The first-order valence-corrected chi connectivity index (χ1v) is 3.69. The van der Waals surface area contributed by atoms with Crippen molar-refractivity contribution in [3.05, 3.63) is 12.0 Å². The van der Waals surface area contributed by atoms with E-state index in [1.165, 1.54) is 5.69 Å². The van der Waals surface area contributed by atoms with Gasteiger partial charge in [0.05, 0.1) is 18.7 Å². The molecule has 2 rings (SSSR count). The molecule has 0 spiro atoms. The molecule has 1 N–H and O–H groups in total. The Labute approximate surface area is 65.8 Å². The second-order valence-corrected chi connectivity index (χ2v) is 3.06. The molecule has 4 heteroatoms. The van der Waals surface area contributed by atoms with Crippen molar-refractivity contribution in [3.8, 4) is 0 Å². The van der Waals surface area contributed by atoms with Gasteiger partial charge in [-0.05, 0) is 7.05 Å². The molecule has 60 valence electrons. The summed E-state index contributed by atoms with van der Waals surface area (Å²) in [6.07, 6.45) is 1.75. The first-order valence-electron chi connectivity index (χ1n) is 3.69. The van der Waals surface area contributed by atoms with E-state index in [4.69, 9.17) is 0 Å². The minimum absolute atomic E-state index is 0.956. The van der Waals surface area contributed by atoms with Crippen LogP contribution in [0.5, 0.6) is 0 Å². The SMILES string of the molecule is CN1Cc2[nH]cnc2N(C)C1. The Kier molecular flexibility index (Phi) is 1.35. The average Bonchev–Trinajstić information content (AvgIpc) is 2.34. The normalized spacial score (nSPS) is 18.5. The van der Waals surface area contributed by atoms with Gasteiger partial charge in [0.2, 0.25) is 0 Å². The number of H-pyrrole nitrogens is 1. The van der Waals surface area contributed by atoms with Crippen molar-refractivity contribution < 1.29 is 0 Å². The molecule has 0 saturated heterocycles. The van der Waals surface area contributed by atoms with Crippen LogP contribution in [-0.4, -0.2) is 35.6 Å². The molecule has 0 saturated carbocycles. The fraction of sp³-hybridized carbons (Fsp3) is 0.571. The average molecular weight is 152 g/mol. The van der Waals surface area contributed by atoms with Crippen molar-refractivity contribution in [1.29, 1.82) is 0 Å². The Morgan fingerprint density at radius 3 is 3.18 bits per heavy atom. The van der Waals surface area contributed by atoms with Crippen LogP contribution < -0.4 is 4.90 Å². The van der Waals surface area contributed by atoms with E-state index in [0.717, 1.165) is 19.0 Å². The molecule has 0 amide bonds. The van der Waals surface area contributed by atoms with Gasteiger partial charge in [0.1, 0.15) is 0 Å². The molecular weight excluding hydrogens is 140 g/mol. The molecule has 0 radical (unpaired) electrons. The predicted molar refractivity (Wildman–Crippen MR) is 43.3 cm³/mol. The summed E-state index contributed by atoms with van der Waals surface area (Å²) >= 11 is 0. The molecule has 0 fully saturated rings. The summed E-state index contributed by atoms with van der Waals surface area (Å²) in [6.45, 7) is 1.93. The van der Waals surface area contributed by atoms with Gasteiger partial charge < -0.3 is 9.88 Å². The molecule has 1 aromatic heterocycles. The number of hydrogen-bond acceptors (Lipinski definition) is 3. The number of anilines is 1. The Balaban J connectivity index is 2.36. The molecule has 11 heavy (non-hydrogen) atoms. The van der Waals surface area contributed by atoms with Crippen molar-refractivity contribution in [2.24, 2.45) is 0 Å². The van der Waals surface area contributed by atoms with Crippen LogP contribution in [0.3, 0.4) is 0 Å². The molecule has 0 aliphatic carbocycles. The van der Waals surface area contributed by atoms with E-state index in [-0.39, 0.29) is 0 Å². The highest BCUT2D eigenvalue weighted by molar-refractivity contribution is 5.44. The maximum Gasteiger partial charge on any atom is 0.151 e. The van der Waals surface area contributed by atoms with Crippen LogP contribution in [0.4, 0.5) is 5.82 Å². The van der Waals surface area contributed by atoms with Gasteiger partial charge in [-0.2, -0.15) is 0 Å². The summed E-state index contributed by atoms with van der Waals surface area (Å²) < 4.78 is 0. The molecule has 0 atom stereocenters. The zero-order valence-corrected chi connectivity index (χ0v) is 6.83. The van der Waals surface area contributed by atoms with Gasteiger partial charge in [0, 0.05) is 13.6 Å². The third-order valence-electron chi connectivity index (χ3n) is 1.94. The van der Waals surface area contributed by atoms with Crippen LogP contribution in [0.1, 0.15) is 5.69 Å². The number of aromatic nitrogens is 2. The molecular formula is C7H12N4. The lowest BCUT2D eigenvalue weighted by Gasteiger charge is -2.30. The van der Waals surface area contributed by atoms with Crippen molar-refractivity contribution in [3.63, 3.8) is 0 Å². The molecule has 1 aliphatic rings. The zero-order valence-electron chi connectivity index (χ0n) is 6.83. The van der Waals surface area contributed by atoms with Gasteiger partial charge in [0.15, 0.2) is 5.82 Å². The second-order valence-electron chi connectivity index (χ2n) is 3.06. The first-order chi connectivity index (χ1) is 5.27. The van der Waals surface area contributed by atoms with E-state index in [2.05, 4.69) is 33.9 Å². The minimum atomic E-state index is 0.956. The number of imidazole rings is 1. The summed E-state index contributed by atoms with van der Waals surface area (Å²) in [7, 11) is 4.15. The summed E-state index contributed by atoms with van der Waals surface area (Å²) in [6, 6.07) is 0. The summed E-state index contributed by atoms with van der Waals surface area (Å²) in [5.41, 5.74) is 1.21. The van der Waals surface area contributed by atoms with Crippen LogP contribution in [0.15, 0.2) is 6.33 Å². The van der Waals surface area contributed by atoms with Gasteiger partial charge in [-0.3, -0.25) is 4.90 Å². The Morgan fingerprint density at radius 2 is 2.36 bits per heavy atom. The van der Waals surface area contributed by atoms with Crippen molar-refractivity contribution >= 4 is 5.82 Å². The summed E-state index contributed by atoms with van der Waals surface area (Å²) in [5.74, 6) is 1.09. The standard InChI is InChI=1S/C7H12N4/c1-10-3-6-7(9-4-8-6)11(2)5-10/h4H,3,5H2,1-2H3,(H,8,9). The molecule has 0 aromatic carbocycles. The number of fused-ring (bicyclic) bond motifs is 1. The van der Waals surface area contributed by atoms with Crippen LogP contribution in [-0.2, 0) is 6.54 Å². The van der Waals surface area contributed by atoms with E-state index in [1.807, 2.05) is 0 Å². The third-order valence-corrected chi connectivity index (χ3v) is 1.94. The van der Waals surface area contributed by atoms with Crippen molar-refractivity contribution in [1.82, 2.24) is 14.9 Å². The molecule has 4 nitrogen and oxygen atoms in total. The highest BCUT2D eigenvalue weighted by atomic mass is 15.3. The number of hydrogen-bond donors (Lipinski definition) is 1. The molecule has 1 aliphatic heterocycles. The highest BCUT2D eigenvalue weighted by Gasteiger charge is 2.18.